The van der Waals surface area contributed by atoms with E-state index in [4.69, 9.17) is 0 Å². The number of benzene rings is 2. The number of piperazine rings is 1. The molecule has 0 bridgehead atoms. The number of carbonyl (C=O) groups excluding carboxylic acids is 4. The quantitative estimate of drug-likeness (QED) is 0.0927. The van der Waals surface area contributed by atoms with Gasteiger partial charge in [-0.05, 0) is 54.7 Å². The van der Waals surface area contributed by atoms with Gasteiger partial charge in [0.2, 0.25) is 29.5 Å². The molecule has 63 heavy (non-hydrogen) atoms. The summed E-state index contributed by atoms with van der Waals surface area (Å²) >= 11 is 0. The molecular formula is C43H47F2N11O6S. The zero-order chi connectivity index (χ0) is 44.4. The maximum atomic E-state index is 15.6. The number of anilines is 3. The molecule has 3 saturated heterocycles. The fraction of sp³-hybridized carbons (Fsp3) is 0.372. The lowest BCUT2D eigenvalue weighted by molar-refractivity contribution is -0.135. The molecule has 2 unspecified atom stereocenters. The Morgan fingerprint density at radius 3 is 2.35 bits per heavy atom. The highest BCUT2D eigenvalue weighted by Crippen LogP contribution is 2.32. The van der Waals surface area contributed by atoms with E-state index < -0.39 is 44.9 Å². The van der Waals surface area contributed by atoms with Gasteiger partial charge >= 0.3 is 10.2 Å². The first-order chi connectivity index (χ1) is 30.3. The van der Waals surface area contributed by atoms with Crippen molar-refractivity contribution in [2.75, 3.05) is 74.3 Å². The van der Waals surface area contributed by atoms with Gasteiger partial charge in [0, 0.05) is 125 Å². The van der Waals surface area contributed by atoms with Crippen LogP contribution in [0.4, 0.5) is 26.1 Å². The lowest BCUT2D eigenvalue weighted by Gasteiger charge is -2.37. The summed E-state index contributed by atoms with van der Waals surface area (Å²) in [7, 11) is -2.85. The van der Waals surface area contributed by atoms with Crippen molar-refractivity contribution in [3.63, 3.8) is 0 Å². The minimum absolute atomic E-state index is 0.0581. The summed E-state index contributed by atoms with van der Waals surface area (Å²) in [6.07, 6.45) is 8.23. The van der Waals surface area contributed by atoms with E-state index in [-0.39, 0.29) is 35.7 Å². The van der Waals surface area contributed by atoms with E-state index in [1.54, 1.807) is 31.6 Å². The first kappa shape index (κ1) is 43.3. The summed E-state index contributed by atoms with van der Waals surface area (Å²) in [6, 6.07) is 10.8. The average molecular weight is 884 g/mol. The summed E-state index contributed by atoms with van der Waals surface area (Å²) < 4.78 is 58.7. The molecule has 3 amide bonds. The molecular weight excluding hydrogens is 837 g/mol. The van der Waals surface area contributed by atoms with Gasteiger partial charge in [-0.25, -0.2) is 23.7 Å². The number of H-pyrrole nitrogens is 1. The Labute approximate surface area is 362 Å². The molecule has 3 aliphatic rings. The molecule has 0 aliphatic carbocycles. The number of imide groups is 1. The number of likely N-dealkylation sites (tertiary alicyclic amines) is 1. The second-order valence-electron chi connectivity index (χ2n) is 15.9. The highest BCUT2D eigenvalue weighted by molar-refractivity contribution is 7.90. The maximum absolute atomic E-state index is 15.6. The van der Waals surface area contributed by atoms with Crippen molar-refractivity contribution in [2.24, 2.45) is 0 Å². The van der Waals surface area contributed by atoms with Crippen LogP contribution in [0.1, 0.15) is 60.0 Å². The smallest absolute Gasteiger partial charge is 0.301 e. The Morgan fingerprint density at radius 2 is 1.65 bits per heavy atom. The number of hydrogen-bond donors (Lipinski definition) is 4. The van der Waals surface area contributed by atoms with E-state index >= 15 is 8.78 Å². The second-order valence-corrected chi connectivity index (χ2v) is 17.7. The third kappa shape index (κ3) is 9.37. The number of ketones is 1. The van der Waals surface area contributed by atoms with Crippen LogP contribution in [0.5, 0.6) is 0 Å². The first-order valence-corrected chi connectivity index (χ1v) is 22.2. The number of amides is 3. The molecule has 0 saturated carbocycles. The van der Waals surface area contributed by atoms with Gasteiger partial charge in [0.25, 0.3) is 0 Å². The van der Waals surface area contributed by atoms with Crippen LogP contribution in [0.15, 0.2) is 67.3 Å². The zero-order valence-corrected chi connectivity index (χ0v) is 35.6. The van der Waals surface area contributed by atoms with Crippen molar-refractivity contribution >= 4 is 62.1 Å². The number of hydrogen-bond acceptors (Lipinski definition) is 12. The molecule has 5 aromatic rings. The Morgan fingerprint density at radius 1 is 0.921 bits per heavy atom. The Kier molecular flexibility index (Phi) is 12.5. The Bertz CT molecular complexity index is 2660. The van der Waals surface area contributed by atoms with Crippen molar-refractivity contribution in [1.82, 2.24) is 39.4 Å². The highest BCUT2D eigenvalue weighted by Gasteiger charge is 2.30. The maximum Gasteiger partial charge on any atom is 0.301 e. The van der Waals surface area contributed by atoms with Crippen LogP contribution in [-0.4, -0.2) is 131 Å². The SMILES string of the molecule is CCN(C)S(=O)(=O)Nc1ccc(F)c(C(=O)c2c[nH]c3ncc(-c4cnc(N5CCN(CCN6CCC(c7ccc(NC8CCC(=O)NC8=O)cc7)CC6=O)CC5)nc4)cc23)c1F. The summed E-state index contributed by atoms with van der Waals surface area (Å²) in [5.41, 5.74) is 1.82. The van der Waals surface area contributed by atoms with E-state index in [9.17, 15) is 27.6 Å². The Hall–Kier alpha value is -6.38. The molecule has 3 aromatic heterocycles. The first-order valence-electron chi connectivity index (χ1n) is 20.8. The van der Waals surface area contributed by atoms with E-state index in [0.717, 1.165) is 53.7 Å². The molecule has 17 nitrogen and oxygen atoms in total. The van der Waals surface area contributed by atoms with Crippen molar-refractivity contribution in [1.29, 1.82) is 0 Å². The molecule has 2 aromatic carbocycles. The molecule has 330 valence electrons. The van der Waals surface area contributed by atoms with Gasteiger partial charge in [0.05, 0.1) is 11.3 Å². The predicted molar refractivity (Wildman–Crippen MR) is 231 cm³/mol. The minimum Gasteiger partial charge on any atom is -0.374 e. The molecule has 3 aliphatic heterocycles. The highest BCUT2D eigenvalue weighted by atomic mass is 32.2. The van der Waals surface area contributed by atoms with Crippen LogP contribution in [0.3, 0.4) is 0 Å². The molecule has 4 N–H and O–H groups in total. The third-order valence-electron chi connectivity index (χ3n) is 12.0. The number of aromatic amines is 1. The van der Waals surface area contributed by atoms with Crippen LogP contribution in [0, 0.1) is 11.6 Å². The third-order valence-corrected chi connectivity index (χ3v) is 13.5. The number of nitrogens with zero attached hydrogens (tertiary/aromatic N) is 7. The fourth-order valence-electron chi connectivity index (χ4n) is 8.06. The lowest BCUT2D eigenvalue weighted by atomic mass is 9.89. The van der Waals surface area contributed by atoms with Crippen LogP contribution in [0.2, 0.25) is 0 Å². The molecule has 0 spiro atoms. The normalized spacial score (nSPS) is 18.8. The van der Waals surface area contributed by atoms with E-state index in [2.05, 4.69) is 45.1 Å². The van der Waals surface area contributed by atoms with Crippen molar-refractivity contribution in [3.8, 4) is 11.1 Å². The van der Waals surface area contributed by atoms with Crippen molar-refractivity contribution in [3.05, 3.63) is 95.6 Å². The predicted octanol–water partition coefficient (Wildman–Crippen LogP) is 3.88. The van der Waals surface area contributed by atoms with E-state index in [1.807, 2.05) is 29.2 Å². The molecule has 6 heterocycles. The topological polar surface area (TPSA) is 206 Å². The summed E-state index contributed by atoms with van der Waals surface area (Å²) in [6.45, 7) is 6.69. The van der Waals surface area contributed by atoms with Crippen molar-refractivity contribution < 1.29 is 36.4 Å². The largest absolute Gasteiger partial charge is 0.374 e. The number of rotatable bonds is 14. The van der Waals surface area contributed by atoms with E-state index in [1.165, 1.54) is 13.2 Å². The Balaban J connectivity index is 0.831. The summed E-state index contributed by atoms with van der Waals surface area (Å²) in [5.74, 6) is -3.25. The molecule has 0 radical (unpaired) electrons. The number of carbonyl (C=O) groups is 4. The molecule has 2 atom stereocenters. The van der Waals surface area contributed by atoms with Gasteiger partial charge in [-0.2, -0.15) is 12.7 Å². The second kappa shape index (κ2) is 18.1. The summed E-state index contributed by atoms with van der Waals surface area (Å²) in [4.78, 5) is 73.2. The number of piperidine rings is 2. The average Bonchev–Trinajstić information content (AvgIpc) is 3.71. The number of halogens is 2. The number of pyridine rings is 1. The standard InChI is InChI=1S/C43H47F2N11O6S/c1-3-53(2)63(61,62)52-34-9-8-33(44)38(39(34)45)40(59)32-25-47-41-31(32)20-28(22-46-41)29-23-48-43(49-24-29)56-18-15-54(16-19-56)14-17-55-13-12-27(21-37(55)58)26-4-6-30(7-5-26)50-35-10-11-36(57)51-42(35)60/h4-9,20,22-25,27,35,50,52H,3,10-19,21H2,1-2H3,(H,46,47)(H,51,57,60). The monoisotopic (exact) mass is 883 g/mol. The molecule has 20 heteroatoms. The lowest BCUT2D eigenvalue weighted by Crippen LogP contribution is -2.50. The van der Waals surface area contributed by atoms with Gasteiger partial charge in [-0.1, -0.05) is 19.1 Å². The van der Waals surface area contributed by atoms with Crippen LogP contribution >= 0.6 is 0 Å². The molecule has 3 fully saturated rings. The van der Waals surface area contributed by atoms with Crippen LogP contribution < -0.4 is 20.3 Å². The van der Waals surface area contributed by atoms with Gasteiger partial charge in [-0.3, -0.25) is 34.1 Å². The van der Waals surface area contributed by atoms with Gasteiger partial charge in [0.15, 0.2) is 5.82 Å². The minimum atomic E-state index is -4.15. The van der Waals surface area contributed by atoms with Crippen molar-refractivity contribution in [2.45, 2.75) is 44.6 Å². The van der Waals surface area contributed by atoms with E-state index in [0.29, 0.717) is 73.6 Å². The number of nitrogens with one attached hydrogen (secondary N) is 4. The fourth-order valence-corrected chi connectivity index (χ4v) is 8.99. The van der Waals surface area contributed by atoms with Gasteiger partial charge in [-0.15, -0.1) is 0 Å². The zero-order valence-electron chi connectivity index (χ0n) is 34.7. The molecule has 8 rings (SSSR count). The van der Waals surface area contributed by atoms with Gasteiger partial charge < -0.3 is 20.1 Å². The van der Waals surface area contributed by atoms with Gasteiger partial charge in [0.1, 0.15) is 17.5 Å². The summed E-state index contributed by atoms with van der Waals surface area (Å²) in [5, 5.41) is 5.85. The van der Waals surface area contributed by atoms with Crippen LogP contribution in [0.25, 0.3) is 22.2 Å². The number of fused-ring (bicyclic) bond motifs is 1. The van der Waals surface area contributed by atoms with Crippen LogP contribution in [-0.2, 0) is 24.6 Å². The number of aromatic nitrogens is 4.